The first kappa shape index (κ1) is 21.3. The maximum atomic E-state index is 12.7. The molecule has 30 heavy (non-hydrogen) atoms. The number of rotatable bonds is 6. The maximum absolute atomic E-state index is 12.7. The van der Waals surface area contributed by atoms with Crippen molar-refractivity contribution in [3.63, 3.8) is 0 Å². The first-order chi connectivity index (χ1) is 14.3. The molecule has 0 spiro atoms. The van der Waals surface area contributed by atoms with E-state index in [1.54, 1.807) is 30.4 Å². The zero-order valence-corrected chi connectivity index (χ0v) is 17.2. The van der Waals surface area contributed by atoms with Crippen LogP contribution in [-0.4, -0.2) is 43.3 Å². The van der Waals surface area contributed by atoms with Gasteiger partial charge in [0.25, 0.3) is 5.91 Å². The Balaban J connectivity index is 1.71. The number of allylic oxidation sites excluding steroid dienone is 2. The van der Waals surface area contributed by atoms with Crippen LogP contribution in [0.25, 0.3) is 6.08 Å². The van der Waals surface area contributed by atoms with Crippen LogP contribution in [0, 0.1) is 0 Å². The van der Waals surface area contributed by atoms with Crippen molar-refractivity contribution in [3.05, 3.63) is 65.0 Å². The topological polar surface area (TPSA) is 120 Å². The first-order valence-corrected chi connectivity index (χ1v) is 9.85. The number of nitrogens with one attached hydrogen (secondary N) is 1. The molecule has 3 N–H and O–H groups in total. The van der Waals surface area contributed by atoms with Gasteiger partial charge in [-0.15, -0.1) is 0 Å². The molecule has 1 aromatic heterocycles. The summed E-state index contributed by atoms with van der Waals surface area (Å²) in [6, 6.07) is 6.23. The Morgan fingerprint density at radius 2 is 2.10 bits per heavy atom. The number of thiocarbonyl (C=S) groups is 1. The second-order valence-corrected chi connectivity index (χ2v) is 7.83. The molecule has 154 valence electrons. The van der Waals surface area contributed by atoms with E-state index < -0.39 is 29.6 Å². The van der Waals surface area contributed by atoms with Crippen molar-refractivity contribution in [2.75, 3.05) is 5.32 Å². The van der Waals surface area contributed by atoms with Crippen LogP contribution in [-0.2, 0) is 9.59 Å². The third kappa shape index (κ3) is 4.61. The summed E-state index contributed by atoms with van der Waals surface area (Å²) >= 11 is 6.33. The summed E-state index contributed by atoms with van der Waals surface area (Å²) in [5.74, 6) is -2.09. The zero-order chi connectivity index (χ0) is 21.8. The van der Waals surface area contributed by atoms with Crippen LogP contribution < -0.4 is 5.32 Å². The number of aromatic hydroxyl groups is 1. The molecule has 0 radical (unpaired) electrons. The van der Waals surface area contributed by atoms with E-state index in [1.807, 2.05) is 0 Å². The molecule has 2 heterocycles. The third-order valence-corrected chi connectivity index (χ3v) is 5.48. The van der Waals surface area contributed by atoms with Gasteiger partial charge in [0.2, 0.25) is 5.91 Å². The van der Waals surface area contributed by atoms with Crippen LogP contribution in [0.15, 0.2) is 58.1 Å². The predicted octanol–water partition coefficient (Wildman–Crippen LogP) is 3.47. The number of carboxylic acids is 1. The average molecular weight is 444 g/mol. The summed E-state index contributed by atoms with van der Waals surface area (Å²) in [6.07, 6.45) is 6.46. The minimum absolute atomic E-state index is 0.171. The van der Waals surface area contributed by atoms with Gasteiger partial charge in [0.05, 0.1) is 11.2 Å². The number of hydrogen-bond donors (Lipinski definition) is 3. The molecule has 1 unspecified atom stereocenters. The van der Waals surface area contributed by atoms with Crippen LogP contribution in [0.2, 0.25) is 0 Å². The molecule has 1 aliphatic rings. The SMILES string of the molecule is CC(C(=O)Nc1ccc(O)c(C(=O)O)c1)N1C(=O)C(=CC=Cc2ccco2)SC1=S. The highest BCUT2D eigenvalue weighted by molar-refractivity contribution is 8.26. The van der Waals surface area contributed by atoms with Crippen molar-refractivity contribution >= 4 is 57.8 Å². The van der Waals surface area contributed by atoms with E-state index in [2.05, 4.69) is 5.32 Å². The van der Waals surface area contributed by atoms with Crippen molar-refractivity contribution in [1.82, 2.24) is 4.90 Å². The minimum Gasteiger partial charge on any atom is -0.507 e. The van der Waals surface area contributed by atoms with Crippen molar-refractivity contribution in [2.45, 2.75) is 13.0 Å². The van der Waals surface area contributed by atoms with E-state index >= 15 is 0 Å². The van der Waals surface area contributed by atoms with Crippen molar-refractivity contribution < 1.29 is 29.0 Å². The van der Waals surface area contributed by atoms with E-state index in [-0.39, 0.29) is 15.6 Å². The summed E-state index contributed by atoms with van der Waals surface area (Å²) in [4.78, 5) is 38.0. The quantitative estimate of drug-likeness (QED) is 0.352. The molecule has 2 aromatic rings. The number of amides is 2. The van der Waals surface area contributed by atoms with Crippen molar-refractivity contribution in [2.24, 2.45) is 0 Å². The van der Waals surface area contributed by atoms with Gasteiger partial charge >= 0.3 is 5.97 Å². The number of benzene rings is 1. The van der Waals surface area contributed by atoms with Crippen LogP contribution in [0.4, 0.5) is 5.69 Å². The number of phenols is 1. The van der Waals surface area contributed by atoms with Gasteiger partial charge in [0.15, 0.2) is 0 Å². The fourth-order valence-electron chi connectivity index (χ4n) is 2.59. The molecule has 1 fully saturated rings. The molecule has 3 rings (SSSR count). The Morgan fingerprint density at radius 1 is 1.33 bits per heavy atom. The number of aromatic carboxylic acids is 1. The molecule has 1 atom stereocenters. The van der Waals surface area contributed by atoms with Crippen LogP contribution in [0.1, 0.15) is 23.0 Å². The fraction of sp³-hybridized carbons (Fsp3) is 0.100. The fourth-order valence-corrected chi connectivity index (χ4v) is 3.96. The normalized spacial score (nSPS) is 16.4. The lowest BCUT2D eigenvalue weighted by atomic mass is 10.1. The monoisotopic (exact) mass is 444 g/mol. The molecule has 10 heteroatoms. The van der Waals surface area contributed by atoms with E-state index in [4.69, 9.17) is 21.7 Å². The largest absolute Gasteiger partial charge is 0.507 e. The molecule has 0 saturated carbocycles. The number of carbonyl (C=O) groups excluding carboxylic acids is 2. The van der Waals surface area contributed by atoms with Crippen LogP contribution in [0.3, 0.4) is 0 Å². The molecule has 0 aliphatic carbocycles. The minimum atomic E-state index is -1.33. The highest BCUT2D eigenvalue weighted by Crippen LogP contribution is 2.33. The standard InChI is InChI=1S/C20H16N2O6S2/c1-11(17(24)21-12-7-8-15(23)14(10-12)19(26)27)22-18(25)16(30-20(22)29)6-2-4-13-5-3-9-28-13/h2-11,23H,1H3,(H,21,24)(H,26,27). The smallest absolute Gasteiger partial charge is 0.339 e. The lowest BCUT2D eigenvalue weighted by molar-refractivity contribution is -0.129. The van der Waals surface area contributed by atoms with Crippen LogP contribution >= 0.6 is 24.0 Å². The second-order valence-electron chi connectivity index (χ2n) is 6.15. The Morgan fingerprint density at radius 3 is 2.77 bits per heavy atom. The molecule has 1 aliphatic heterocycles. The van der Waals surface area contributed by atoms with Gasteiger partial charge in [-0.2, -0.15) is 0 Å². The molecule has 0 bridgehead atoms. The number of anilines is 1. The van der Waals surface area contributed by atoms with E-state index in [1.165, 1.54) is 24.2 Å². The maximum Gasteiger partial charge on any atom is 0.339 e. The van der Waals surface area contributed by atoms with E-state index in [9.17, 15) is 19.5 Å². The highest BCUT2D eigenvalue weighted by atomic mass is 32.2. The van der Waals surface area contributed by atoms with Gasteiger partial charge < -0.3 is 19.9 Å². The summed E-state index contributed by atoms with van der Waals surface area (Å²) in [5.41, 5.74) is -0.179. The summed E-state index contributed by atoms with van der Waals surface area (Å²) in [7, 11) is 0. The second kappa shape index (κ2) is 8.97. The summed E-state index contributed by atoms with van der Waals surface area (Å²) < 4.78 is 5.41. The number of hydrogen-bond acceptors (Lipinski definition) is 7. The summed E-state index contributed by atoms with van der Waals surface area (Å²) in [5, 5.41) is 21.2. The predicted molar refractivity (Wildman–Crippen MR) is 116 cm³/mol. The molecule has 8 nitrogen and oxygen atoms in total. The zero-order valence-electron chi connectivity index (χ0n) is 15.6. The number of nitrogens with zero attached hydrogens (tertiary/aromatic N) is 1. The number of furan rings is 1. The van der Waals surface area contributed by atoms with Crippen molar-refractivity contribution in [3.8, 4) is 5.75 Å². The molecule has 1 aromatic carbocycles. The number of carbonyl (C=O) groups is 3. The van der Waals surface area contributed by atoms with E-state index in [0.717, 1.165) is 23.9 Å². The molecule has 2 amide bonds. The van der Waals surface area contributed by atoms with Gasteiger partial charge in [-0.1, -0.05) is 30.1 Å². The summed E-state index contributed by atoms with van der Waals surface area (Å²) in [6.45, 7) is 1.51. The average Bonchev–Trinajstić information content (AvgIpc) is 3.30. The molecular weight excluding hydrogens is 428 g/mol. The van der Waals surface area contributed by atoms with Gasteiger partial charge in [0, 0.05) is 5.69 Å². The number of carboxylic acid groups (broad SMARTS) is 1. The van der Waals surface area contributed by atoms with Gasteiger partial charge in [0.1, 0.15) is 27.4 Å². The highest BCUT2D eigenvalue weighted by Gasteiger charge is 2.38. The first-order valence-electron chi connectivity index (χ1n) is 8.62. The van der Waals surface area contributed by atoms with Crippen molar-refractivity contribution in [1.29, 1.82) is 0 Å². The van der Waals surface area contributed by atoms with Gasteiger partial charge in [-0.25, -0.2) is 4.79 Å². The lowest BCUT2D eigenvalue weighted by Gasteiger charge is -2.22. The lowest BCUT2D eigenvalue weighted by Crippen LogP contribution is -2.44. The van der Waals surface area contributed by atoms with Gasteiger partial charge in [-0.05, 0) is 49.4 Å². The Hall–Kier alpha value is -3.37. The number of thioether (sulfide) groups is 1. The van der Waals surface area contributed by atoms with Crippen LogP contribution in [0.5, 0.6) is 5.75 Å². The Bertz CT molecular complexity index is 1070. The van der Waals surface area contributed by atoms with E-state index in [0.29, 0.717) is 10.7 Å². The van der Waals surface area contributed by atoms with Gasteiger partial charge in [-0.3, -0.25) is 14.5 Å². The Labute approximate surface area is 180 Å². The molecular formula is C20H16N2O6S2. The Kier molecular flexibility index (Phi) is 6.38. The molecule has 1 saturated heterocycles. The third-order valence-electron chi connectivity index (χ3n) is 4.14.